The molecule has 0 bridgehead atoms. The minimum absolute atomic E-state index is 0.0255. The third kappa shape index (κ3) is 40.7. The van der Waals surface area contributed by atoms with E-state index in [4.69, 9.17) is 51.0 Å². The lowest BCUT2D eigenvalue weighted by molar-refractivity contribution is -0.143. The highest BCUT2D eigenvalue weighted by atomic mass is 16.4. The van der Waals surface area contributed by atoms with Crippen molar-refractivity contribution in [1.82, 2.24) is 74.0 Å². The molecule has 52 heteroatoms. The largest absolute Gasteiger partial charge is 0.481 e. The fraction of sp³-hybridized carbons (Fsp3) is 0.652. The van der Waals surface area contributed by atoms with Gasteiger partial charge in [0.15, 0.2) is 11.9 Å². The van der Waals surface area contributed by atoms with Crippen molar-refractivity contribution < 1.29 is 136 Å². The number of carbonyl (C=O) groups is 22. The first kappa shape index (κ1) is 106. The third-order valence-corrected chi connectivity index (χ3v) is 18.2. The number of primary amides is 3. The van der Waals surface area contributed by atoms with Gasteiger partial charge in [0.25, 0.3) is 0 Å². The van der Waals surface area contributed by atoms with Crippen LogP contribution in [0.5, 0.6) is 0 Å². The van der Waals surface area contributed by atoms with Crippen molar-refractivity contribution in [3.8, 4) is 0 Å². The molecule has 1 heterocycles. The zero-order valence-electron chi connectivity index (χ0n) is 67.5. The number of likely N-dealkylation sites (tertiary alicyclic amines) is 1. The predicted molar refractivity (Wildman–Crippen MR) is 417 cm³/mol. The molecule has 0 aromatic rings. The number of amides is 17. The van der Waals surface area contributed by atoms with E-state index in [9.17, 15) is 131 Å². The lowest BCUT2D eigenvalue weighted by Crippen LogP contribution is -2.62. The van der Waals surface area contributed by atoms with Crippen LogP contribution in [0.1, 0.15) is 157 Å². The van der Waals surface area contributed by atoms with E-state index in [0.717, 1.165) is 11.8 Å². The highest BCUT2D eigenvalue weighted by Crippen LogP contribution is 2.22. The van der Waals surface area contributed by atoms with Crippen LogP contribution in [0.15, 0.2) is 9.98 Å². The van der Waals surface area contributed by atoms with Crippen LogP contribution in [-0.4, -0.2) is 295 Å². The second kappa shape index (κ2) is 53.3. The van der Waals surface area contributed by atoms with Crippen molar-refractivity contribution in [3.63, 3.8) is 0 Å². The number of rotatable bonds is 58. The van der Waals surface area contributed by atoms with Gasteiger partial charge in [-0.15, -0.1) is 0 Å². The Labute approximate surface area is 691 Å². The summed E-state index contributed by atoms with van der Waals surface area (Å²) in [6.45, 7) is 6.69. The molecule has 1 aliphatic heterocycles. The summed E-state index contributed by atoms with van der Waals surface area (Å²) in [5.41, 5.74) is 43.3. The van der Waals surface area contributed by atoms with E-state index in [1.54, 1.807) is 6.92 Å². The maximum Gasteiger partial charge on any atom is 0.326 e. The van der Waals surface area contributed by atoms with Crippen LogP contribution >= 0.6 is 0 Å². The molecule has 678 valence electrons. The average molecular weight is 1730 g/mol. The lowest BCUT2D eigenvalue weighted by Gasteiger charge is -2.31. The first-order chi connectivity index (χ1) is 56.4. The number of nitrogens with two attached hydrogens (primary N) is 8. The van der Waals surface area contributed by atoms with Gasteiger partial charge in [-0.25, -0.2) is 4.79 Å². The van der Waals surface area contributed by atoms with Crippen molar-refractivity contribution in [2.45, 2.75) is 248 Å². The number of aliphatic imine (C=N–C) groups is 2. The second-order valence-electron chi connectivity index (χ2n) is 28.6. The summed E-state index contributed by atoms with van der Waals surface area (Å²) in [6, 6.07) is -24.6. The summed E-state index contributed by atoms with van der Waals surface area (Å²) in [5.74, 6) is -30.0. The number of aliphatic hydroxyl groups is 1. The van der Waals surface area contributed by atoms with E-state index < -0.39 is 310 Å². The molecule has 17 amide bonds. The number of aliphatic hydroxyl groups excluding tert-OH is 1. The molecule has 0 saturated carbocycles. The monoisotopic (exact) mass is 1730 g/mol. The molecule has 0 aromatic heterocycles. The van der Waals surface area contributed by atoms with Gasteiger partial charge in [0.1, 0.15) is 78.5 Å². The van der Waals surface area contributed by atoms with Gasteiger partial charge in [-0.05, 0) is 89.9 Å². The number of hydrogen-bond donors (Lipinski definition) is 27. The number of carboxylic acid groups (broad SMARTS) is 5. The number of aliphatic carboxylic acids is 5. The van der Waals surface area contributed by atoms with Gasteiger partial charge in [-0.2, -0.15) is 0 Å². The van der Waals surface area contributed by atoms with Crippen molar-refractivity contribution >= 4 is 142 Å². The van der Waals surface area contributed by atoms with Crippen LogP contribution in [0.4, 0.5) is 0 Å². The molecular weight excluding hydrogens is 1610 g/mol. The molecule has 121 heavy (non-hydrogen) atoms. The Morgan fingerprint density at radius 2 is 0.802 bits per heavy atom. The molecule has 1 saturated heterocycles. The second-order valence-corrected chi connectivity index (χ2v) is 28.6. The molecule has 0 spiro atoms. The highest BCUT2D eigenvalue weighted by Gasteiger charge is 2.43. The molecule has 0 unspecified atom stereocenters. The van der Waals surface area contributed by atoms with Crippen molar-refractivity contribution in [3.05, 3.63) is 0 Å². The lowest BCUT2D eigenvalue weighted by atomic mass is 9.97. The molecule has 35 N–H and O–H groups in total. The molecule has 1 aliphatic rings. The Balaban J connectivity index is 3.60. The molecule has 0 radical (unpaired) electrons. The highest BCUT2D eigenvalue weighted by molar-refractivity contribution is 6.02. The van der Waals surface area contributed by atoms with E-state index in [2.05, 4.69) is 79.1 Å². The predicted octanol–water partition coefficient (Wildman–Crippen LogP) is -12.4. The molecule has 0 aromatic carbocycles. The van der Waals surface area contributed by atoms with E-state index >= 15 is 0 Å². The Morgan fingerprint density at radius 3 is 1.25 bits per heavy atom. The Bertz CT molecular complexity index is 3800. The van der Waals surface area contributed by atoms with Crippen LogP contribution in [-0.2, 0) is 105 Å². The molecule has 16 atom stereocenters. The Hall–Kier alpha value is -13.2. The fourth-order valence-corrected chi connectivity index (χ4v) is 11.5. The van der Waals surface area contributed by atoms with Crippen molar-refractivity contribution in [2.75, 3.05) is 26.2 Å². The molecule has 1 fully saturated rings. The SMILES string of the molecule is CC[C@H](C)[C@H](NC(=O)[C@H](CC(N)=O)NC(=O)[C@H](CCC(=O)O)NC(=O)[C@@H](NC(=O)[C@H](CCC(=O)O)NC(=O)[C@@H](NC(=O)[C@@H]1CCCN1C(=O)[C@H](CCCN=C(N)N)NC(=O)[C@H](CC(N)=O)NC(=O)CNC(=O)[C@H](CCC(N)=O)NC(=O)[C@H](CCC(=O)O)NC(=O)[C@@H](N)CC(=O)O)C(C)C)[C@@H](C)O)C(=O)N[C@@H](C)C(=O)N[C@@H](CCCN=C(N)N)C(=O)O. The van der Waals surface area contributed by atoms with Gasteiger partial charge in [-0.1, -0.05) is 34.1 Å². The normalized spacial score (nSPS) is 15.9. The van der Waals surface area contributed by atoms with Crippen molar-refractivity contribution in [2.24, 2.45) is 67.7 Å². The molecule has 1 rings (SSSR count). The smallest absolute Gasteiger partial charge is 0.326 e. The number of nitrogens with one attached hydrogen (secondary N) is 13. The van der Waals surface area contributed by atoms with Gasteiger partial charge < -0.3 is 151 Å². The van der Waals surface area contributed by atoms with Gasteiger partial charge in [0.05, 0.1) is 38.0 Å². The summed E-state index contributed by atoms with van der Waals surface area (Å²) < 4.78 is 0. The van der Waals surface area contributed by atoms with Crippen LogP contribution in [0.2, 0.25) is 0 Å². The Morgan fingerprint density at radius 1 is 0.405 bits per heavy atom. The van der Waals surface area contributed by atoms with Crippen molar-refractivity contribution in [1.29, 1.82) is 0 Å². The molecule has 52 nitrogen and oxygen atoms in total. The van der Waals surface area contributed by atoms with E-state index in [1.807, 2.05) is 0 Å². The minimum atomic E-state index is -2.16. The van der Waals surface area contributed by atoms with E-state index in [0.29, 0.717) is 0 Å². The van der Waals surface area contributed by atoms with Crippen LogP contribution < -0.4 is 115 Å². The quantitative estimate of drug-likeness (QED) is 0.0153. The zero-order valence-corrected chi connectivity index (χ0v) is 67.5. The maximum atomic E-state index is 14.7. The summed E-state index contributed by atoms with van der Waals surface area (Å²) >= 11 is 0. The van der Waals surface area contributed by atoms with Crippen LogP contribution in [0.3, 0.4) is 0 Å². The average Bonchev–Trinajstić information content (AvgIpc) is 1.18. The number of nitrogens with zero attached hydrogens (tertiary/aromatic N) is 3. The molecule has 0 aliphatic carbocycles. The van der Waals surface area contributed by atoms with Gasteiger partial charge in [0.2, 0.25) is 100 Å². The van der Waals surface area contributed by atoms with Gasteiger partial charge in [0, 0.05) is 45.3 Å². The van der Waals surface area contributed by atoms with E-state index in [-0.39, 0.29) is 76.5 Å². The van der Waals surface area contributed by atoms with Gasteiger partial charge in [-0.3, -0.25) is 111 Å². The fourth-order valence-electron chi connectivity index (χ4n) is 11.5. The first-order valence-corrected chi connectivity index (χ1v) is 38.1. The number of carboxylic acids is 5. The number of guanidine groups is 2. The summed E-state index contributed by atoms with van der Waals surface area (Å²) in [6.07, 6.45) is -11.0. The minimum Gasteiger partial charge on any atom is -0.481 e. The van der Waals surface area contributed by atoms with Crippen LogP contribution in [0, 0.1) is 11.8 Å². The zero-order chi connectivity index (χ0) is 92.4. The standard InChI is InChI=1S/C69H114N24O28/c1-7-30(4)52(64(117)81-31(5)54(107)88-39(67(120)121)12-9-23-79-69(76)77)91-61(114)41(27-45(73)97)89-58(111)36(16-20-48(101)102)86-65(118)53(32(6)94)92-59(112)37(17-21-49(103)104)85-63(116)51(29(2)3)90-62(115)42-13-10-24-93(42)66(119)38(11-8-22-78-68(74)75)87-60(113)40(26-44(72)96)82-46(98)28-80-56(109)34(14-18-43(71)95)84-57(110)35(15-19-47(99)100)83-55(108)33(70)25-50(105)106/h29-42,51-53,94H,7-28,70H2,1-6H3,(H2,71,95)(H2,72,96)(H2,73,97)(H,80,109)(H,81,117)(H,82,98)(H,83,108)(H,84,110)(H,85,116)(H,86,118)(H,87,113)(H,88,107)(H,89,111)(H,90,115)(H,91,114)(H,92,112)(H,99,100)(H,101,102)(H,103,104)(H,105,106)(H,120,121)(H4,74,75,78)(H4,76,77,79)/t30-,31-,32+,33-,34-,35-,36-,37-,38-,39-,40-,41-,42-,51-,52-,53-/m0/s1. The first-order valence-electron chi connectivity index (χ1n) is 38.1. The maximum absolute atomic E-state index is 14.7. The summed E-state index contributed by atoms with van der Waals surface area (Å²) in [5, 5.41) is 87.7. The number of carbonyl (C=O) groups excluding carboxylic acids is 17. The van der Waals surface area contributed by atoms with E-state index in [1.165, 1.54) is 27.7 Å². The topological polar surface area (TPSA) is 889 Å². The summed E-state index contributed by atoms with van der Waals surface area (Å²) in [7, 11) is 0. The summed E-state index contributed by atoms with van der Waals surface area (Å²) in [4.78, 5) is 298. The number of hydrogen-bond acceptors (Lipinski definition) is 26. The van der Waals surface area contributed by atoms with Crippen LogP contribution in [0.25, 0.3) is 0 Å². The third-order valence-electron chi connectivity index (χ3n) is 18.2. The Kier molecular flexibility index (Phi) is 46.6. The van der Waals surface area contributed by atoms with Gasteiger partial charge >= 0.3 is 29.8 Å². The molecular formula is C69H114N24O28.